The van der Waals surface area contributed by atoms with Crippen molar-refractivity contribution in [3.8, 4) is 11.5 Å². The summed E-state index contributed by atoms with van der Waals surface area (Å²) < 4.78 is 9.98. The second-order valence-electron chi connectivity index (χ2n) is 4.34. The number of aromatic hydroxyl groups is 2. The van der Waals surface area contributed by atoms with Crippen LogP contribution in [-0.2, 0) is 14.3 Å². The maximum absolute atomic E-state index is 11.5. The van der Waals surface area contributed by atoms with E-state index < -0.39 is 18.2 Å². The van der Waals surface area contributed by atoms with E-state index in [0.717, 1.165) is 0 Å². The number of hydrogen-bond acceptors (Lipinski definition) is 6. The summed E-state index contributed by atoms with van der Waals surface area (Å²) in [5, 5.41) is 19.8. The van der Waals surface area contributed by atoms with Gasteiger partial charge in [-0.2, -0.15) is 0 Å². The lowest BCUT2D eigenvalue weighted by molar-refractivity contribution is -0.148. The minimum atomic E-state index is -0.822. The van der Waals surface area contributed by atoms with Crippen LogP contribution in [0.4, 0.5) is 0 Å². The number of Topliss-reactive ketones (excluding diaryl/α,β-unsaturated/α-hetero) is 1. The SMILES string of the molecule is CO[C@H]1C[C@H](c2c(O)ccc(C(C)=O)c2O)OC1=O. The molecule has 1 heterocycles. The van der Waals surface area contributed by atoms with Crippen LogP contribution in [0.5, 0.6) is 11.5 Å². The van der Waals surface area contributed by atoms with Crippen LogP contribution in [0.25, 0.3) is 0 Å². The molecular formula is C13H14O6. The number of carbonyl (C=O) groups excluding carboxylic acids is 2. The topological polar surface area (TPSA) is 93.1 Å². The number of methoxy groups -OCH3 is 1. The van der Waals surface area contributed by atoms with Crippen LogP contribution in [0.1, 0.15) is 35.4 Å². The van der Waals surface area contributed by atoms with Crippen molar-refractivity contribution >= 4 is 11.8 Å². The molecule has 1 saturated heterocycles. The first kappa shape index (κ1) is 13.4. The third-order valence-electron chi connectivity index (χ3n) is 3.13. The zero-order chi connectivity index (χ0) is 14.2. The van der Waals surface area contributed by atoms with E-state index in [1.807, 2.05) is 0 Å². The van der Waals surface area contributed by atoms with Crippen molar-refractivity contribution in [1.29, 1.82) is 0 Å². The van der Waals surface area contributed by atoms with Crippen LogP contribution in [0.3, 0.4) is 0 Å². The average Bonchev–Trinajstić information content (AvgIpc) is 2.70. The Morgan fingerprint density at radius 3 is 2.63 bits per heavy atom. The molecule has 6 heteroatoms. The van der Waals surface area contributed by atoms with E-state index in [9.17, 15) is 19.8 Å². The number of esters is 1. The predicted molar refractivity (Wildman–Crippen MR) is 64.0 cm³/mol. The Labute approximate surface area is 109 Å². The molecule has 1 aromatic rings. The highest BCUT2D eigenvalue weighted by Crippen LogP contribution is 2.42. The van der Waals surface area contributed by atoms with Crippen molar-refractivity contribution in [2.24, 2.45) is 0 Å². The molecule has 1 fully saturated rings. The van der Waals surface area contributed by atoms with E-state index in [1.165, 1.54) is 26.2 Å². The van der Waals surface area contributed by atoms with Gasteiger partial charge in [0.2, 0.25) is 0 Å². The number of rotatable bonds is 3. The number of cyclic esters (lactones) is 1. The summed E-state index contributed by atoms with van der Waals surface area (Å²) in [6.07, 6.45) is -1.38. The number of ether oxygens (including phenoxy) is 2. The summed E-state index contributed by atoms with van der Waals surface area (Å²) in [6, 6.07) is 2.61. The highest BCUT2D eigenvalue weighted by Gasteiger charge is 2.38. The van der Waals surface area contributed by atoms with E-state index in [1.54, 1.807) is 0 Å². The smallest absolute Gasteiger partial charge is 0.336 e. The number of ketones is 1. The lowest BCUT2D eigenvalue weighted by atomic mass is 9.98. The average molecular weight is 266 g/mol. The largest absolute Gasteiger partial charge is 0.507 e. The molecule has 0 amide bonds. The van der Waals surface area contributed by atoms with E-state index in [2.05, 4.69) is 0 Å². The zero-order valence-electron chi connectivity index (χ0n) is 10.5. The van der Waals surface area contributed by atoms with Crippen molar-refractivity contribution in [2.45, 2.75) is 25.6 Å². The molecule has 1 aliphatic rings. The number of phenols is 2. The lowest BCUT2D eigenvalue weighted by Crippen LogP contribution is -2.15. The van der Waals surface area contributed by atoms with Crippen LogP contribution in [-0.4, -0.2) is 35.2 Å². The minimum Gasteiger partial charge on any atom is -0.507 e. The lowest BCUT2D eigenvalue weighted by Gasteiger charge is -2.14. The summed E-state index contributed by atoms with van der Waals surface area (Å²) >= 11 is 0. The van der Waals surface area contributed by atoms with Gasteiger partial charge in [-0.3, -0.25) is 4.79 Å². The normalized spacial score (nSPS) is 22.3. The fraction of sp³-hybridized carbons (Fsp3) is 0.385. The van der Waals surface area contributed by atoms with Gasteiger partial charge in [0.15, 0.2) is 11.9 Å². The maximum Gasteiger partial charge on any atom is 0.336 e. The second kappa shape index (κ2) is 4.89. The minimum absolute atomic E-state index is 0.0422. The summed E-state index contributed by atoms with van der Waals surface area (Å²) in [4.78, 5) is 22.8. The van der Waals surface area contributed by atoms with E-state index in [-0.39, 0.29) is 34.8 Å². The number of benzene rings is 1. The van der Waals surface area contributed by atoms with E-state index >= 15 is 0 Å². The summed E-state index contributed by atoms with van der Waals surface area (Å²) in [5.74, 6) is -1.48. The molecule has 0 saturated carbocycles. The molecular weight excluding hydrogens is 252 g/mol. The van der Waals surface area contributed by atoms with E-state index in [0.29, 0.717) is 0 Å². The highest BCUT2D eigenvalue weighted by molar-refractivity contribution is 5.97. The van der Waals surface area contributed by atoms with Gasteiger partial charge in [0.25, 0.3) is 0 Å². The molecule has 102 valence electrons. The van der Waals surface area contributed by atoms with Gasteiger partial charge in [-0.05, 0) is 19.1 Å². The molecule has 0 aliphatic carbocycles. The monoisotopic (exact) mass is 266 g/mol. The molecule has 0 aromatic heterocycles. The maximum atomic E-state index is 11.5. The highest BCUT2D eigenvalue weighted by atomic mass is 16.6. The first-order chi connectivity index (χ1) is 8.95. The summed E-state index contributed by atoms with van der Waals surface area (Å²) in [5.41, 5.74) is 0.116. The molecule has 6 nitrogen and oxygen atoms in total. The Bertz CT molecular complexity index is 536. The Morgan fingerprint density at radius 2 is 2.11 bits per heavy atom. The van der Waals surface area contributed by atoms with Gasteiger partial charge >= 0.3 is 5.97 Å². The fourth-order valence-corrected chi connectivity index (χ4v) is 2.12. The third kappa shape index (κ3) is 2.26. The standard InChI is InChI=1S/C13H14O6/c1-6(14)7-3-4-8(15)11(12(7)16)9-5-10(18-2)13(17)19-9/h3-4,9-10,15-16H,5H2,1-2H3/t9-,10+/m1/s1. The quantitative estimate of drug-likeness (QED) is 0.632. The van der Waals surface area contributed by atoms with Crippen LogP contribution < -0.4 is 0 Å². The molecule has 19 heavy (non-hydrogen) atoms. The van der Waals surface area contributed by atoms with Crippen molar-refractivity contribution in [3.05, 3.63) is 23.3 Å². The first-order valence-electron chi connectivity index (χ1n) is 5.74. The van der Waals surface area contributed by atoms with E-state index in [4.69, 9.17) is 9.47 Å². The first-order valence-corrected chi connectivity index (χ1v) is 5.74. The van der Waals surface area contributed by atoms with Gasteiger partial charge in [-0.25, -0.2) is 4.79 Å². The Balaban J connectivity index is 2.43. The van der Waals surface area contributed by atoms with Crippen molar-refractivity contribution < 1.29 is 29.3 Å². The molecule has 2 rings (SSSR count). The molecule has 0 bridgehead atoms. The molecule has 0 unspecified atom stereocenters. The van der Waals surface area contributed by atoms with Crippen molar-refractivity contribution in [1.82, 2.24) is 0 Å². The Kier molecular flexibility index (Phi) is 3.44. The van der Waals surface area contributed by atoms with Gasteiger partial charge < -0.3 is 19.7 Å². The molecule has 2 atom stereocenters. The van der Waals surface area contributed by atoms with Crippen molar-refractivity contribution in [2.75, 3.05) is 7.11 Å². The van der Waals surface area contributed by atoms with Crippen LogP contribution in [0.15, 0.2) is 12.1 Å². The Hall–Kier alpha value is -2.08. The molecule has 2 N–H and O–H groups in total. The van der Waals surface area contributed by atoms with Gasteiger partial charge in [0, 0.05) is 13.5 Å². The molecule has 1 aliphatic heterocycles. The summed E-state index contributed by atoms with van der Waals surface area (Å²) in [7, 11) is 1.38. The number of hydrogen-bond donors (Lipinski definition) is 2. The molecule has 1 aromatic carbocycles. The van der Waals surface area contributed by atoms with Gasteiger partial charge in [-0.1, -0.05) is 0 Å². The fourth-order valence-electron chi connectivity index (χ4n) is 2.12. The zero-order valence-corrected chi connectivity index (χ0v) is 10.5. The third-order valence-corrected chi connectivity index (χ3v) is 3.13. The molecule has 0 spiro atoms. The predicted octanol–water partition coefficient (Wildman–Crippen LogP) is 1.30. The number of phenolic OH excluding ortho intramolecular Hbond substituents is 2. The van der Waals surface area contributed by atoms with Gasteiger partial charge in [0.05, 0.1) is 11.1 Å². The van der Waals surface area contributed by atoms with Gasteiger partial charge in [-0.15, -0.1) is 0 Å². The van der Waals surface area contributed by atoms with Crippen LogP contribution in [0, 0.1) is 0 Å². The van der Waals surface area contributed by atoms with Crippen molar-refractivity contribution in [3.63, 3.8) is 0 Å². The van der Waals surface area contributed by atoms with Gasteiger partial charge in [0.1, 0.15) is 17.6 Å². The Morgan fingerprint density at radius 1 is 1.42 bits per heavy atom. The van der Waals surface area contributed by atoms with Crippen LogP contribution in [0.2, 0.25) is 0 Å². The van der Waals surface area contributed by atoms with Crippen LogP contribution >= 0.6 is 0 Å². The molecule has 0 radical (unpaired) electrons. The number of carbonyl (C=O) groups is 2. The summed E-state index contributed by atoms with van der Waals surface area (Å²) in [6.45, 7) is 1.30. The second-order valence-corrected chi connectivity index (χ2v) is 4.34.